The normalized spacial score (nSPS) is 13.3. The van der Waals surface area contributed by atoms with Crippen LogP contribution in [-0.2, 0) is 17.1 Å². The van der Waals surface area contributed by atoms with E-state index in [4.69, 9.17) is 0 Å². The van der Waals surface area contributed by atoms with Crippen LogP contribution in [-0.4, -0.2) is 18.2 Å². The van der Waals surface area contributed by atoms with Gasteiger partial charge in [-0.3, -0.25) is 4.68 Å². The lowest BCUT2D eigenvalue weighted by atomic mass is 9.95. The molecule has 0 amide bonds. The van der Waals surface area contributed by atoms with Gasteiger partial charge in [0.1, 0.15) is 0 Å². The Hall–Kier alpha value is -1.66. The van der Waals surface area contributed by atoms with Crippen molar-refractivity contribution < 1.29 is 8.42 Å². The molecule has 0 spiro atoms. The Morgan fingerprint density at radius 3 is 1.83 bits per heavy atom. The minimum Gasteiger partial charge on any atom is -0.273 e. The van der Waals surface area contributed by atoms with Crippen molar-refractivity contribution in [2.24, 2.45) is 7.05 Å². The molecule has 132 valence electrons. The van der Waals surface area contributed by atoms with Crippen molar-refractivity contribution in [3.8, 4) is 0 Å². The molecule has 0 saturated heterocycles. The molecule has 1 N–H and O–H groups in total. The highest BCUT2D eigenvalue weighted by atomic mass is 32.2. The van der Waals surface area contributed by atoms with Gasteiger partial charge in [-0.25, -0.2) is 13.1 Å². The maximum atomic E-state index is 13.1. The van der Waals surface area contributed by atoms with Gasteiger partial charge in [0.2, 0.25) is 10.0 Å². The number of hydrogen-bond donors (Lipinski definition) is 1. The van der Waals surface area contributed by atoms with E-state index >= 15 is 0 Å². The number of benzene rings is 1. The van der Waals surface area contributed by atoms with Gasteiger partial charge in [0.15, 0.2) is 0 Å². The van der Waals surface area contributed by atoms with Gasteiger partial charge in [-0.1, -0.05) is 0 Å². The third-order valence-electron chi connectivity index (χ3n) is 5.27. The Balaban J connectivity index is 2.51. The Morgan fingerprint density at radius 1 is 0.958 bits per heavy atom. The summed E-state index contributed by atoms with van der Waals surface area (Å²) in [6.45, 7) is 13.5. The zero-order valence-electron chi connectivity index (χ0n) is 15.8. The van der Waals surface area contributed by atoms with Crippen molar-refractivity contribution in [1.82, 2.24) is 14.5 Å². The maximum Gasteiger partial charge on any atom is 0.241 e. The van der Waals surface area contributed by atoms with Crippen molar-refractivity contribution in [3.05, 3.63) is 45.3 Å². The van der Waals surface area contributed by atoms with E-state index in [1.807, 2.05) is 55.5 Å². The molecule has 0 radical (unpaired) electrons. The molecule has 0 aliphatic carbocycles. The lowest BCUT2D eigenvalue weighted by molar-refractivity contribution is 0.564. The van der Waals surface area contributed by atoms with Crippen molar-refractivity contribution >= 4 is 10.0 Å². The lowest BCUT2D eigenvalue weighted by Crippen LogP contribution is -2.29. The van der Waals surface area contributed by atoms with Gasteiger partial charge < -0.3 is 0 Å². The molecular formula is C18H27N3O2S. The van der Waals surface area contributed by atoms with Gasteiger partial charge in [0.05, 0.1) is 11.1 Å². The molecule has 0 aliphatic rings. The van der Waals surface area contributed by atoms with Gasteiger partial charge in [0.25, 0.3) is 0 Å². The summed E-state index contributed by atoms with van der Waals surface area (Å²) in [5, 5.41) is 4.20. The molecule has 0 saturated carbocycles. The van der Waals surface area contributed by atoms with Crippen LogP contribution in [0.5, 0.6) is 0 Å². The highest BCUT2D eigenvalue weighted by molar-refractivity contribution is 7.89. The predicted octanol–water partition coefficient (Wildman–Crippen LogP) is 3.31. The van der Waals surface area contributed by atoms with Gasteiger partial charge in [-0.2, -0.15) is 5.10 Å². The first-order valence-corrected chi connectivity index (χ1v) is 9.55. The largest absolute Gasteiger partial charge is 0.273 e. The standard InChI is InChI=1S/C18H27N3O2S/c1-10-11(2)13(4)18(14(5)12(10)3)24(22,23)20-15(6)17-9-19-21(8)16(17)7/h9,15,20H,1-8H3. The minimum atomic E-state index is -3.63. The fourth-order valence-corrected chi connectivity index (χ4v) is 4.99. The highest BCUT2D eigenvalue weighted by Gasteiger charge is 2.26. The summed E-state index contributed by atoms with van der Waals surface area (Å²) in [4.78, 5) is 0.400. The Morgan fingerprint density at radius 2 is 1.42 bits per heavy atom. The smallest absolute Gasteiger partial charge is 0.241 e. The molecule has 0 aliphatic heterocycles. The molecule has 0 bridgehead atoms. The third kappa shape index (κ3) is 3.00. The van der Waals surface area contributed by atoms with E-state index in [0.29, 0.717) is 4.90 Å². The van der Waals surface area contributed by atoms with E-state index in [1.165, 1.54) is 0 Å². The summed E-state index contributed by atoms with van der Waals surface area (Å²) in [6.07, 6.45) is 1.72. The topological polar surface area (TPSA) is 64.0 Å². The van der Waals surface area contributed by atoms with Crippen LogP contribution in [0.15, 0.2) is 11.1 Å². The van der Waals surface area contributed by atoms with Crippen LogP contribution >= 0.6 is 0 Å². The molecule has 24 heavy (non-hydrogen) atoms. The van der Waals surface area contributed by atoms with Gasteiger partial charge >= 0.3 is 0 Å². The maximum absolute atomic E-state index is 13.1. The number of rotatable bonds is 4. The number of nitrogens with one attached hydrogen (secondary N) is 1. The third-order valence-corrected chi connectivity index (χ3v) is 7.09. The molecule has 1 aromatic heterocycles. The Labute approximate surface area is 145 Å². The number of aromatic nitrogens is 2. The summed E-state index contributed by atoms with van der Waals surface area (Å²) >= 11 is 0. The van der Waals surface area contributed by atoms with Crippen LogP contribution in [0, 0.1) is 41.5 Å². The SMILES string of the molecule is Cc1c(C)c(C)c(S(=O)(=O)NC(C)c2cnn(C)c2C)c(C)c1C. The van der Waals surface area contributed by atoms with E-state index in [2.05, 4.69) is 9.82 Å². The highest BCUT2D eigenvalue weighted by Crippen LogP contribution is 2.30. The molecule has 1 atom stereocenters. The molecular weight excluding hydrogens is 322 g/mol. The fraction of sp³-hybridized carbons (Fsp3) is 0.500. The summed E-state index contributed by atoms with van der Waals surface area (Å²) in [5.74, 6) is 0. The first kappa shape index (κ1) is 18.7. The van der Waals surface area contributed by atoms with Crippen LogP contribution in [0.4, 0.5) is 0 Å². The van der Waals surface area contributed by atoms with E-state index in [0.717, 1.165) is 39.1 Å². The van der Waals surface area contributed by atoms with E-state index in [9.17, 15) is 8.42 Å². The number of nitrogens with zero attached hydrogens (tertiary/aromatic N) is 2. The molecule has 1 aromatic carbocycles. The van der Waals surface area contributed by atoms with Gasteiger partial charge in [-0.05, 0) is 76.3 Å². The molecule has 2 aromatic rings. The van der Waals surface area contributed by atoms with Gasteiger partial charge in [0, 0.05) is 24.3 Å². The number of hydrogen-bond acceptors (Lipinski definition) is 3. The second-order valence-electron chi connectivity index (χ2n) is 6.61. The van der Waals surface area contributed by atoms with E-state index in [-0.39, 0.29) is 6.04 Å². The van der Waals surface area contributed by atoms with Crippen molar-refractivity contribution in [2.75, 3.05) is 0 Å². The summed E-state index contributed by atoms with van der Waals surface area (Å²) in [7, 11) is -1.78. The average molecular weight is 350 g/mol. The number of sulfonamides is 1. The van der Waals surface area contributed by atoms with Crippen molar-refractivity contribution in [3.63, 3.8) is 0 Å². The van der Waals surface area contributed by atoms with Gasteiger partial charge in [-0.15, -0.1) is 0 Å². The molecule has 1 heterocycles. The molecule has 0 fully saturated rings. The van der Waals surface area contributed by atoms with Crippen molar-refractivity contribution in [1.29, 1.82) is 0 Å². The summed E-state index contributed by atoms with van der Waals surface area (Å²) in [6, 6.07) is -0.343. The average Bonchev–Trinajstić information content (AvgIpc) is 2.82. The fourth-order valence-electron chi connectivity index (χ4n) is 3.16. The van der Waals surface area contributed by atoms with Crippen LogP contribution in [0.2, 0.25) is 0 Å². The summed E-state index contributed by atoms with van der Waals surface area (Å²) < 4.78 is 30.7. The zero-order valence-corrected chi connectivity index (χ0v) is 16.6. The second kappa shape index (κ2) is 6.33. The molecule has 1 unspecified atom stereocenters. The minimum absolute atomic E-state index is 0.343. The molecule has 6 heteroatoms. The lowest BCUT2D eigenvalue weighted by Gasteiger charge is -2.21. The monoisotopic (exact) mass is 349 g/mol. The van der Waals surface area contributed by atoms with Crippen molar-refractivity contribution in [2.45, 2.75) is 59.4 Å². The first-order valence-electron chi connectivity index (χ1n) is 8.06. The van der Waals surface area contributed by atoms with Crippen LogP contribution in [0.3, 0.4) is 0 Å². The van der Waals surface area contributed by atoms with Crippen LogP contribution in [0.1, 0.15) is 52.0 Å². The molecule has 2 rings (SSSR count). The van der Waals surface area contributed by atoms with E-state index < -0.39 is 10.0 Å². The second-order valence-corrected chi connectivity index (χ2v) is 8.26. The number of aryl methyl sites for hydroxylation is 1. The quantitative estimate of drug-likeness (QED) is 0.921. The van der Waals surface area contributed by atoms with Crippen LogP contribution in [0.25, 0.3) is 0 Å². The Bertz CT molecular complexity index is 866. The van der Waals surface area contributed by atoms with E-state index in [1.54, 1.807) is 10.9 Å². The molecule has 5 nitrogen and oxygen atoms in total. The Kier molecular flexibility index (Phi) is 4.93. The predicted molar refractivity (Wildman–Crippen MR) is 96.8 cm³/mol. The first-order chi connectivity index (χ1) is 11.0. The summed E-state index contributed by atoms with van der Waals surface area (Å²) in [5.41, 5.74) is 6.69. The zero-order chi connectivity index (χ0) is 18.4. The van der Waals surface area contributed by atoms with Crippen LogP contribution < -0.4 is 4.72 Å².